The largest absolute Gasteiger partial charge is 0.347 e. The molecule has 0 saturated carbocycles. The van der Waals surface area contributed by atoms with Gasteiger partial charge in [0.2, 0.25) is 0 Å². The summed E-state index contributed by atoms with van der Waals surface area (Å²) >= 11 is 0. The first-order valence-corrected chi connectivity index (χ1v) is 5.66. The zero-order valence-electron chi connectivity index (χ0n) is 7.69. The van der Waals surface area contributed by atoms with Crippen LogP contribution < -0.4 is 5.69 Å². The van der Waals surface area contributed by atoms with Crippen molar-refractivity contribution in [2.24, 2.45) is 0 Å². The molecule has 1 aromatic rings. The maximum atomic E-state index is 11.2. The van der Waals surface area contributed by atoms with E-state index in [1.165, 1.54) is 4.57 Å². The second kappa shape index (κ2) is 4.32. The van der Waals surface area contributed by atoms with Crippen molar-refractivity contribution < 1.29 is 4.21 Å². The van der Waals surface area contributed by atoms with E-state index in [2.05, 4.69) is 4.98 Å². The molecule has 1 heterocycles. The summed E-state index contributed by atoms with van der Waals surface area (Å²) in [7, 11) is -0.867. The van der Waals surface area contributed by atoms with E-state index in [4.69, 9.17) is 0 Å². The Morgan fingerprint density at radius 2 is 2.31 bits per heavy atom. The summed E-state index contributed by atoms with van der Waals surface area (Å²) in [6.45, 7) is 2.24. The number of hydrogen-bond donors (Lipinski definition) is 0. The van der Waals surface area contributed by atoms with Crippen LogP contribution in [0.2, 0.25) is 0 Å². The Bertz CT molecular complexity index is 373. The molecule has 0 radical (unpaired) electrons. The van der Waals surface area contributed by atoms with Crippen molar-refractivity contribution in [3.05, 3.63) is 28.4 Å². The Hall–Kier alpha value is -0.970. The van der Waals surface area contributed by atoms with Crippen LogP contribution in [0.1, 0.15) is 5.69 Å². The molecule has 5 heteroatoms. The Morgan fingerprint density at radius 1 is 1.62 bits per heavy atom. The van der Waals surface area contributed by atoms with Crippen molar-refractivity contribution in [3.63, 3.8) is 0 Å². The molecule has 1 atom stereocenters. The van der Waals surface area contributed by atoms with Gasteiger partial charge in [-0.25, -0.2) is 4.79 Å². The number of rotatable bonds is 3. The van der Waals surface area contributed by atoms with E-state index in [-0.39, 0.29) is 5.69 Å². The van der Waals surface area contributed by atoms with E-state index in [0.29, 0.717) is 18.0 Å². The third-order valence-corrected chi connectivity index (χ3v) is 2.39. The second-order valence-electron chi connectivity index (χ2n) is 2.82. The first-order chi connectivity index (χ1) is 6.09. The predicted molar refractivity (Wildman–Crippen MR) is 52.2 cm³/mol. The van der Waals surface area contributed by atoms with E-state index in [1.807, 2.05) is 0 Å². The normalized spacial score (nSPS) is 12.8. The average Bonchev–Trinajstić information content (AvgIpc) is 2.02. The van der Waals surface area contributed by atoms with Crippen molar-refractivity contribution in [3.8, 4) is 0 Å². The Kier molecular flexibility index (Phi) is 3.36. The van der Waals surface area contributed by atoms with E-state index < -0.39 is 10.8 Å². The number of aromatic nitrogens is 2. The molecule has 1 unspecified atom stereocenters. The number of aryl methyl sites for hydroxylation is 2. The minimum atomic E-state index is -0.867. The summed E-state index contributed by atoms with van der Waals surface area (Å²) in [6.07, 6.45) is 3.30. The molecule has 0 amide bonds. The molecule has 0 aromatic carbocycles. The van der Waals surface area contributed by atoms with Crippen LogP contribution in [0.5, 0.6) is 0 Å². The Balaban J connectivity index is 2.78. The lowest BCUT2D eigenvalue weighted by Gasteiger charge is -2.02. The van der Waals surface area contributed by atoms with Gasteiger partial charge in [-0.15, -0.1) is 0 Å². The topological polar surface area (TPSA) is 52.0 Å². The second-order valence-corrected chi connectivity index (χ2v) is 4.38. The highest BCUT2D eigenvalue weighted by Crippen LogP contribution is 1.87. The molecule has 0 N–H and O–H groups in total. The van der Waals surface area contributed by atoms with Crippen LogP contribution in [-0.2, 0) is 17.3 Å². The SMILES string of the molecule is Cc1ccn(CCS(C)=O)c(=O)n1. The van der Waals surface area contributed by atoms with Gasteiger partial charge in [-0.05, 0) is 13.0 Å². The summed E-state index contributed by atoms with van der Waals surface area (Å²) in [6, 6.07) is 1.76. The van der Waals surface area contributed by atoms with Crippen LogP contribution in [0.3, 0.4) is 0 Å². The summed E-state index contributed by atoms with van der Waals surface area (Å²) in [5.41, 5.74) is 0.435. The maximum Gasteiger partial charge on any atom is 0.347 e. The molecule has 1 rings (SSSR count). The van der Waals surface area contributed by atoms with Gasteiger partial charge in [-0.2, -0.15) is 4.98 Å². The fourth-order valence-corrected chi connectivity index (χ4v) is 1.36. The molecule has 0 fully saturated rings. The lowest BCUT2D eigenvalue weighted by Crippen LogP contribution is -2.24. The molecule has 0 saturated heterocycles. The highest BCUT2D eigenvalue weighted by atomic mass is 32.2. The van der Waals surface area contributed by atoms with Crippen LogP contribution in [0.15, 0.2) is 17.1 Å². The van der Waals surface area contributed by atoms with E-state index in [0.717, 1.165) is 0 Å². The fourth-order valence-electron chi connectivity index (χ4n) is 0.911. The van der Waals surface area contributed by atoms with Crippen molar-refractivity contribution >= 4 is 10.8 Å². The molecular formula is C8H12N2O2S. The molecule has 1 aromatic heterocycles. The number of hydrogen-bond acceptors (Lipinski definition) is 3. The lowest BCUT2D eigenvalue weighted by atomic mass is 10.4. The predicted octanol–water partition coefficient (Wildman–Crippen LogP) is -0.0698. The smallest absolute Gasteiger partial charge is 0.298 e. The van der Waals surface area contributed by atoms with Gasteiger partial charge in [-0.1, -0.05) is 0 Å². The van der Waals surface area contributed by atoms with Crippen molar-refractivity contribution in [2.45, 2.75) is 13.5 Å². The van der Waals surface area contributed by atoms with E-state index in [1.54, 1.807) is 25.4 Å². The molecule has 0 aliphatic heterocycles. The highest BCUT2D eigenvalue weighted by Gasteiger charge is 1.97. The summed E-state index contributed by atoms with van der Waals surface area (Å²) in [5, 5.41) is 0. The van der Waals surface area contributed by atoms with Crippen LogP contribution in [0, 0.1) is 6.92 Å². The molecule has 4 nitrogen and oxygen atoms in total. The summed E-state index contributed by atoms with van der Waals surface area (Å²) in [5.74, 6) is 0.491. The quantitative estimate of drug-likeness (QED) is 0.686. The molecule has 72 valence electrons. The van der Waals surface area contributed by atoms with Crippen LogP contribution in [0.4, 0.5) is 0 Å². The first-order valence-electron chi connectivity index (χ1n) is 3.93. The zero-order chi connectivity index (χ0) is 9.84. The Labute approximate surface area is 79.1 Å². The highest BCUT2D eigenvalue weighted by molar-refractivity contribution is 7.84. The molecule has 13 heavy (non-hydrogen) atoms. The van der Waals surface area contributed by atoms with Crippen LogP contribution in [0.25, 0.3) is 0 Å². The van der Waals surface area contributed by atoms with Gasteiger partial charge >= 0.3 is 5.69 Å². The average molecular weight is 200 g/mol. The van der Waals surface area contributed by atoms with Gasteiger partial charge in [0.05, 0.1) is 0 Å². The van der Waals surface area contributed by atoms with Gasteiger partial charge in [0.25, 0.3) is 0 Å². The van der Waals surface area contributed by atoms with Crippen molar-refractivity contribution in [2.75, 3.05) is 12.0 Å². The summed E-state index contributed by atoms with van der Waals surface area (Å²) in [4.78, 5) is 15.0. The van der Waals surface area contributed by atoms with Crippen molar-refractivity contribution in [1.82, 2.24) is 9.55 Å². The van der Waals surface area contributed by atoms with Crippen molar-refractivity contribution in [1.29, 1.82) is 0 Å². The van der Waals surface area contributed by atoms with Gasteiger partial charge in [0.1, 0.15) is 0 Å². The molecule has 0 bridgehead atoms. The van der Waals surface area contributed by atoms with Crippen LogP contribution in [-0.4, -0.2) is 25.8 Å². The lowest BCUT2D eigenvalue weighted by molar-refractivity contribution is 0.664. The molecule has 0 aliphatic carbocycles. The van der Waals surface area contributed by atoms with Gasteiger partial charge in [0, 0.05) is 41.2 Å². The number of nitrogens with zero attached hydrogens (tertiary/aromatic N) is 2. The minimum absolute atomic E-state index is 0.273. The Morgan fingerprint density at radius 3 is 2.85 bits per heavy atom. The monoisotopic (exact) mass is 200 g/mol. The van der Waals surface area contributed by atoms with Gasteiger partial charge in [0.15, 0.2) is 0 Å². The first kappa shape index (κ1) is 10.1. The molecule has 0 spiro atoms. The zero-order valence-corrected chi connectivity index (χ0v) is 8.50. The molecule has 0 aliphatic rings. The maximum absolute atomic E-state index is 11.2. The summed E-state index contributed by atoms with van der Waals surface area (Å²) < 4.78 is 12.2. The standard InChI is InChI=1S/C8H12N2O2S/c1-7-3-4-10(8(11)9-7)5-6-13(2)12/h3-4H,5-6H2,1-2H3. The fraction of sp³-hybridized carbons (Fsp3) is 0.500. The van der Waals surface area contributed by atoms with Gasteiger partial charge in [-0.3, -0.25) is 8.78 Å². The van der Waals surface area contributed by atoms with Crippen LogP contribution >= 0.6 is 0 Å². The minimum Gasteiger partial charge on any atom is -0.298 e. The van der Waals surface area contributed by atoms with E-state index in [9.17, 15) is 9.00 Å². The third-order valence-electron chi connectivity index (χ3n) is 1.63. The molecular weight excluding hydrogens is 188 g/mol. The van der Waals surface area contributed by atoms with E-state index >= 15 is 0 Å². The third kappa shape index (κ3) is 3.10. The van der Waals surface area contributed by atoms with Gasteiger partial charge < -0.3 is 0 Å².